The van der Waals surface area contributed by atoms with Gasteiger partial charge in [-0.05, 0) is 80.8 Å². The first-order valence-electron chi connectivity index (χ1n) is 11.3. The molecule has 1 fully saturated rings. The Labute approximate surface area is 197 Å². The molecule has 1 aliphatic rings. The molecule has 0 saturated heterocycles. The summed E-state index contributed by atoms with van der Waals surface area (Å²) >= 11 is 0. The van der Waals surface area contributed by atoms with Crippen molar-refractivity contribution in [1.29, 1.82) is 0 Å². The second-order valence-corrected chi connectivity index (χ2v) is 10.7. The predicted molar refractivity (Wildman–Crippen MR) is 130 cm³/mol. The fourth-order valence-corrected chi connectivity index (χ4v) is 5.90. The van der Waals surface area contributed by atoms with Gasteiger partial charge >= 0.3 is 0 Å². The van der Waals surface area contributed by atoms with Gasteiger partial charge < -0.3 is 14.8 Å². The number of amides is 1. The number of hydrogen-bond acceptors (Lipinski definition) is 5. The van der Waals surface area contributed by atoms with E-state index in [1.165, 1.54) is 20.3 Å². The minimum atomic E-state index is -4.14. The summed E-state index contributed by atoms with van der Waals surface area (Å²) in [5, 5.41) is 3.04. The molecule has 8 heteroatoms. The lowest BCUT2D eigenvalue weighted by atomic mass is 9.87. The SMILES string of the molecule is COc1ccc(OC)c(S(=O)(=O)N(CC(=O)NC2CCC(C)CC2)c2cc(C)cc(C)c2)c1. The summed E-state index contributed by atoms with van der Waals surface area (Å²) in [6, 6.07) is 10.2. The Morgan fingerprint density at radius 3 is 2.21 bits per heavy atom. The number of sulfonamides is 1. The Kier molecular flexibility index (Phi) is 7.89. The summed E-state index contributed by atoms with van der Waals surface area (Å²) < 4.78 is 39.5. The minimum Gasteiger partial charge on any atom is -0.497 e. The van der Waals surface area contributed by atoms with Crippen molar-refractivity contribution in [3.63, 3.8) is 0 Å². The molecule has 1 amide bonds. The molecule has 0 heterocycles. The lowest BCUT2D eigenvalue weighted by molar-refractivity contribution is -0.120. The van der Waals surface area contributed by atoms with Gasteiger partial charge in [0.2, 0.25) is 5.91 Å². The van der Waals surface area contributed by atoms with Crippen LogP contribution in [0.25, 0.3) is 0 Å². The molecule has 0 spiro atoms. The highest BCUT2D eigenvalue weighted by Crippen LogP contribution is 2.33. The van der Waals surface area contributed by atoms with Crippen molar-refractivity contribution >= 4 is 21.6 Å². The van der Waals surface area contributed by atoms with Crippen LogP contribution in [0.3, 0.4) is 0 Å². The molecule has 3 rings (SSSR count). The van der Waals surface area contributed by atoms with Crippen molar-refractivity contribution < 1.29 is 22.7 Å². The molecule has 1 aliphatic carbocycles. The molecule has 1 saturated carbocycles. The van der Waals surface area contributed by atoms with E-state index in [4.69, 9.17) is 9.47 Å². The summed E-state index contributed by atoms with van der Waals surface area (Å²) in [6.45, 7) is 5.69. The number of carbonyl (C=O) groups is 1. The number of hydrogen-bond donors (Lipinski definition) is 1. The van der Waals surface area contributed by atoms with Crippen LogP contribution in [-0.2, 0) is 14.8 Å². The summed E-state index contributed by atoms with van der Waals surface area (Å²) in [6.07, 6.45) is 3.94. The number of methoxy groups -OCH3 is 2. The van der Waals surface area contributed by atoms with E-state index in [2.05, 4.69) is 12.2 Å². The number of benzene rings is 2. The molecular weight excluding hydrogens is 440 g/mol. The summed E-state index contributed by atoms with van der Waals surface area (Å²) in [4.78, 5) is 13.0. The van der Waals surface area contributed by atoms with Crippen LogP contribution in [0.5, 0.6) is 11.5 Å². The van der Waals surface area contributed by atoms with E-state index >= 15 is 0 Å². The predicted octanol–water partition coefficient (Wildman–Crippen LogP) is 4.21. The first kappa shape index (κ1) is 24.9. The molecule has 0 aliphatic heterocycles. The van der Waals surface area contributed by atoms with Crippen LogP contribution in [0.1, 0.15) is 43.7 Å². The van der Waals surface area contributed by atoms with Crippen LogP contribution in [0.15, 0.2) is 41.3 Å². The maximum atomic E-state index is 13.9. The van der Waals surface area contributed by atoms with E-state index in [-0.39, 0.29) is 29.1 Å². The third kappa shape index (κ3) is 5.99. The molecule has 2 aromatic rings. The Morgan fingerprint density at radius 2 is 1.64 bits per heavy atom. The molecule has 0 radical (unpaired) electrons. The standard InChI is InChI=1S/C25H34N2O5S/c1-17-6-8-20(9-7-17)26-25(28)16-27(21-13-18(2)12-19(3)14-21)33(29,30)24-15-22(31-4)10-11-23(24)32-5/h10-15,17,20H,6-9,16H2,1-5H3,(H,26,28). The molecule has 0 atom stereocenters. The third-order valence-corrected chi connectivity index (χ3v) is 7.90. The number of anilines is 1. The first-order valence-corrected chi connectivity index (χ1v) is 12.7. The molecule has 180 valence electrons. The van der Waals surface area contributed by atoms with Crippen molar-refractivity contribution in [1.82, 2.24) is 5.32 Å². The zero-order chi connectivity index (χ0) is 24.2. The van der Waals surface area contributed by atoms with Gasteiger partial charge in [-0.2, -0.15) is 0 Å². The Balaban J connectivity index is 1.99. The van der Waals surface area contributed by atoms with Gasteiger partial charge in [-0.3, -0.25) is 9.10 Å². The number of ether oxygens (including phenoxy) is 2. The zero-order valence-corrected chi connectivity index (χ0v) is 20.9. The second-order valence-electron chi connectivity index (χ2n) is 8.90. The number of rotatable bonds is 8. The fourth-order valence-electron chi connectivity index (χ4n) is 4.32. The van der Waals surface area contributed by atoms with Gasteiger partial charge in [-0.15, -0.1) is 0 Å². The van der Waals surface area contributed by atoms with Crippen molar-refractivity contribution in [2.24, 2.45) is 5.92 Å². The average Bonchev–Trinajstić information content (AvgIpc) is 2.77. The van der Waals surface area contributed by atoms with Gasteiger partial charge in [0.1, 0.15) is 22.9 Å². The Morgan fingerprint density at radius 1 is 1.00 bits per heavy atom. The van der Waals surface area contributed by atoms with Crippen molar-refractivity contribution in [2.75, 3.05) is 25.1 Å². The minimum absolute atomic E-state index is 0.0530. The topological polar surface area (TPSA) is 84.9 Å². The summed E-state index contributed by atoms with van der Waals surface area (Å²) in [7, 11) is -1.25. The second kappa shape index (κ2) is 10.5. The Hall–Kier alpha value is -2.74. The molecule has 0 aromatic heterocycles. The fraction of sp³-hybridized carbons (Fsp3) is 0.480. The molecule has 0 bridgehead atoms. The average molecular weight is 475 g/mol. The van der Waals surface area contributed by atoms with Gasteiger partial charge in [0, 0.05) is 12.1 Å². The van der Waals surface area contributed by atoms with Crippen LogP contribution >= 0.6 is 0 Å². The maximum absolute atomic E-state index is 13.9. The number of nitrogens with one attached hydrogen (secondary N) is 1. The molecule has 7 nitrogen and oxygen atoms in total. The van der Waals surface area contributed by atoms with E-state index in [1.807, 2.05) is 19.9 Å². The lowest BCUT2D eigenvalue weighted by Crippen LogP contribution is -2.45. The van der Waals surface area contributed by atoms with Gasteiger partial charge in [0.05, 0.1) is 19.9 Å². The monoisotopic (exact) mass is 474 g/mol. The molecular formula is C25H34N2O5S. The third-order valence-electron chi connectivity index (χ3n) is 6.10. The van der Waals surface area contributed by atoms with E-state index in [1.54, 1.807) is 24.3 Å². The highest BCUT2D eigenvalue weighted by atomic mass is 32.2. The van der Waals surface area contributed by atoms with Gasteiger partial charge in [-0.1, -0.05) is 13.0 Å². The maximum Gasteiger partial charge on any atom is 0.268 e. The quantitative estimate of drug-likeness (QED) is 0.620. The van der Waals surface area contributed by atoms with E-state index in [0.29, 0.717) is 17.4 Å². The van der Waals surface area contributed by atoms with Gasteiger partial charge in [0.25, 0.3) is 10.0 Å². The van der Waals surface area contributed by atoms with Crippen LogP contribution < -0.4 is 19.1 Å². The zero-order valence-electron chi connectivity index (χ0n) is 20.1. The molecule has 33 heavy (non-hydrogen) atoms. The highest BCUT2D eigenvalue weighted by Gasteiger charge is 2.31. The molecule has 2 aromatic carbocycles. The summed E-state index contributed by atoms with van der Waals surface area (Å²) in [5.41, 5.74) is 2.25. The van der Waals surface area contributed by atoms with E-state index in [9.17, 15) is 13.2 Å². The van der Waals surface area contributed by atoms with Gasteiger partial charge in [0.15, 0.2) is 0 Å². The molecule has 1 N–H and O–H groups in total. The number of aryl methyl sites for hydroxylation is 2. The highest BCUT2D eigenvalue weighted by molar-refractivity contribution is 7.93. The van der Waals surface area contributed by atoms with Crippen molar-refractivity contribution in [2.45, 2.75) is 57.4 Å². The van der Waals surface area contributed by atoms with Crippen LogP contribution in [-0.4, -0.2) is 41.1 Å². The summed E-state index contributed by atoms with van der Waals surface area (Å²) in [5.74, 6) is 0.910. The van der Waals surface area contributed by atoms with E-state index < -0.39 is 10.0 Å². The smallest absolute Gasteiger partial charge is 0.268 e. The van der Waals surface area contributed by atoms with E-state index in [0.717, 1.165) is 41.1 Å². The number of carbonyl (C=O) groups excluding carboxylic acids is 1. The number of nitrogens with zero attached hydrogens (tertiary/aromatic N) is 1. The van der Waals surface area contributed by atoms with Crippen LogP contribution in [0, 0.1) is 19.8 Å². The lowest BCUT2D eigenvalue weighted by Gasteiger charge is -2.29. The largest absolute Gasteiger partial charge is 0.497 e. The van der Waals surface area contributed by atoms with Gasteiger partial charge in [-0.25, -0.2) is 8.42 Å². The van der Waals surface area contributed by atoms with Crippen LogP contribution in [0.2, 0.25) is 0 Å². The van der Waals surface area contributed by atoms with Crippen molar-refractivity contribution in [3.05, 3.63) is 47.5 Å². The first-order chi connectivity index (χ1) is 15.6. The van der Waals surface area contributed by atoms with Crippen LogP contribution in [0.4, 0.5) is 5.69 Å². The molecule has 0 unspecified atom stereocenters. The van der Waals surface area contributed by atoms with Crippen molar-refractivity contribution in [3.8, 4) is 11.5 Å². The normalized spacial score (nSPS) is 18.5. The Bertz CT molecular complexity index is 1070.